The molecule has 1 amide bonds. The molecule has 112 valence electrons. The third-order valence-electron chi connectivity index (χ3n) is 3.06. The predicted octanol–water partition coefficient (Wildman–Crippen LogP) is 2.84. The van der Waals surface area contributed by atoms with Crippen molar-refractivity contribution >= 4 is 5.91 Å². The van der Waals surface area contributed by atoms with Gasteiger partial charge in [-0.05, 0) is 18.1 Å². The number of nitrogens with zero attached hydrogens (tertiary/aromatic N) is 1. The Labute approximate surface area is 116 Å². The van der Waals surface area contributed by atoms with Crippen molar-refractivity contribution < 1.29 is 18.0 Å². The highest BCUT2D eigenvalue weighted by atomic mass is 19.4. The highest BCUT2D eigenvalue weighted by Gasteiger charge is 2.29. The molecule has 3 nitrogen and oxygen atoms in total. The van der Waals surface area contributed by atoms with Gasteiger partial charge in [-0.25, -0.2) is 0 Å². The van der Waals surface area contributed by atoms with Crippen molar-refractivity contribution in [2.45, 2.75) is 39.0 Å². The maximum Gasteiger partial charge on any atom is 0.389 e. The van der Waals surface area contributed by atoms with Gasteiger partial charge >= 0.3 is 6.18 Å². The fraction of sp³-hybridized carbons (Fsp3) is 0.500. The molecule has 2 N–H and O–H groups in total. The second kappa shape index (κ2) is 7.28. The van der Waals surface area contributed by atoms with E-state index >= 15 is 0 Å². The van der Waals surface area contributed by atoms with Crippen molar-refractivity contribution in [1.29, 1.82) is 0 Å². The molecule has 0 aromatic heterocycles. The fourth-order valence-corrected chi connectivity index (χ4v) is 1.90. The number of halogens is 3. The molecular weight excluding hydrogens is 269 g/mol. The maximum atomic E-state index is 12.1. The molecule has 0 heterocycles. The van der Waals surface area contributed by atoms with Crippen LogP contribution >= 0.6 is 0 Å². The average Bonchev–Trinajstić information content (AvgIpc) is 2.41. The van der Waals surface area contributed by atoms with Crippen LogP contribution in [0.15, 0.2) is 24.3 Å². The Morgan fingerprint density at radius 2 is 1.85 bits per heavy atom. The van der Waals surface area contributed by atoms with Gasteiger partial charge in [-0.3, -0.25) is 4.79 Å². The lowest BCUT2D eigenvalue weighted by Crippen LogP contribution is -2.31. The van der Waals surface area contributed by atoms with E-state index in [1.807, 2.05) is 24.3 Å². The lowest BCUT2D eigenvalue weighted by Gasteiger charge is -2.22. The summed E-state index contributed by atoms with van der Waals surface area (Å²) in [7, 11) is 0. The molecule has 1 aromatic rings. The van der Waals surface area contributed by atoms with E-state index in [1.54, 1.807) is 6.92 Å². The minimum absolute atomic E-state index is 0.292. The van der Waals surface area contributed by atoms with E-state index in [1.165, 1.54) is 4.90 Å². The Kier molecular flexibility index (Phi) is 6.01. The fourth-order valence-electron chi connectivity index (χ4n) is 1.90. The van der Waals surface area contributed by atoms with Crippen LogP contribution in [0.4, 0.5) is 13.2 Å². The van der Waals surface area contributed by atoms with Crippen LogP contribution in [0.1, 0.15) is 30.9 Å². The zero-order valence-corrected chi connectivity index (χ0v) is 11.4. The quantitative estimate of drug-likeness (QED) is 0.875. The van der Waals surface area contributed by atoms with Crippen molar-refractivity contribution in [3.63, 3.8) is 0 Å². The predicted molar refractivity (Wildman–Crippen MR) is 70.7 cm³/mol. The normalized spacial score (nSPS) is 11.4. The van der Waals surface area contributed by atoms with Crippen LogP contribution in [-0.4, -0.2) is 23.5 Å². The zero-order valence-electron chi connectivity index (χ0n) is 11.4. The molecule has 0 spiro atoms. The molecule has 0 saturated carbocycles. The Bertz CT molecular complexity index is 446. The summed E-state index contributed by atoms with van der Waals surface area (Å²) in [5, 5.41) is 0. The van der Waals surface area contributed by atoms with Gasteiger partial charge in [0.2, 0.25) is 5.91 Å². The summed E-state index contributed by atoms with van der Waals surface area (Å²) in [6, 6.07) is 7.35. The number of benzene rings is 1. The van der Waals surface area contributed by atoms with Gasteiger partial charge < -0.3 is 10.6 Å². The first-order valence-electron chi connectivity index (χ1n) is 6.48. The SMILES string of the molecule is CCN(Cc1ccccc1CN)C(=O)CCC(F)(F)F. The van der Waals surface area contributed by atoms with E-state index in [2.05, 4.69) is 0 Å². The van der Waals surface area contributed by atoms with Crippen LogP contribution in [0.5, 0.6) is 0 Å². The summed E-state index contributed by atoms with van der Waals surface area (Å²) >= 11 is 0. The zero-order chi connectivity index (χ0) is 15.2. The van der Waals surface area contributed by atoms with Gasteiger partial charge in [-0.1, -0.05) is 24.3 Å². The van der Waals surface area contributed by atoms with Gasteiger partial charge in [0.05, 0.1) is 6.42 Å². The highest BCUT2D eigenvalue weighted by molar-refractivity contribution is 5.76. The van der Waals surface area contributed by atoms with Gasteiger partial charge in [0.1, 0.15) is 0 Å². The van der Waals surface area contributed by atoms with E-state index in [9.17, 15) is 18.0 Å². The van der Waals surface area contributed by atoms with Crippen molar-refractivity contribution in [3.05, 3.63) is 35.4 Å². The Balaban J connectivity index is 2.69. The van der Waals surface area contributed by atoms with E-state index < -0.39 is 24.9 Å². The van der Waals surface area contributed by atoms with E-state index in [0.29, 0.717) is 19.6 Å². The molecular formula is C14H19F3N2O. The van der Waals surface area contributed by atoms with Crippen molar-refractivity contribution in [1.82, 2.24) is 4.90 Å². The van der Waals surface area contributed by atoms with Gasteiger partial charge in [-0.15, -0.1) is 0 Å². The monoisotopic (exact) mass is 288 g/mol. The van der Waals surface area contributed by atoms with Crippen molar-refractivity contribution in [2.24, 2.45) is 5.73 Å². The molecule has 0 unspecified atom stereocenters. The average molecular weight is 288 g/mol. The number of amides is 1. The minimum Gasteiger partial charge on any atom is -0.339 e. The van der Waals surface area contributed by atoms with E-state index in [4.69, 9.17) is 5.73 Å². The highest BCUT2D eigenvalue weighted by Crippen LogP contribution is 2.22. The summed E-state index contributed by atoms with van der Waals surface area (Å²) in [6.45, 7) is 2.75. The maximum absolute atomic E-state index is 12.1. The minimum atomic E-state index is -4.30. The number of rotatable bonds is 6. The Morgan fingerprint density at radius 3 is 2.35 bits per heavy atom. The van der Waals surface area contributed by atoms with Gasteiger partial charge in [-0.2, -0.15) is 13.2 Å². The largest absolute Gasteiger partial charge is 0.389 e. The first kappa shape index (κ1) is 16.5. The first-order chi connectivity index (χ1) is 9.37. The number of hydrogen-bond donors (Lipinski definition) is 1. The summed E-state index contributed by atoms with van der Waals surface area (Å²) in [5.74, 6) is -0.489. The van der Waals surface area contributed by atoms with Crippen LogP contribution in [0.2, 0.25) is 0 Å². The van der Waals surface area contributed by atoms with Crippen LogP contribution < -0.4 is 5.73 Å². The second-order valence-electron chi connectivity index (χ2n) is 4.50. The molecule has 0 aliphatic heterocycles. The van der Waals surface area contributed by atoms with Crippen LogP contribution in [0, 0.1) is 0 Å². The van der Waals surface area contributed by atoms with Crippen LogP contribution in [0.25, 0.3) is 0 Å². The first-order valence-corrected chi connectivity index (χ1v) is 6.48. The summed E-state index contributed by atoms with van der Waals surface area (Å²) in [4.78, 5) is 13.2. The van der Waals surface area contributed by atoms with Crippen molar-refractivity contribution in [3.8, 4) is 0 Å². The van der Waals surface area contributed by atoms with Crippen molar-refractivity contribution in [2.75, 3.05) is 6.54 Å². The van der Waals surface area contributed by atoms with Gasteiger partial charge in [0.15, 0.2) is 0 Å². The Hall–Kier alpha value is -1.56. The van der Waals surface area contributed by atoms with E-state index in [-0.39, 0.29) is 0 Å². The molecule has 0 fully saturated rings. The molecule has 0 radical (unpaired) electrons. The summed E-state index contributed by atoms with van der Waals surface area (Å²) < 4.78 is 36.4. The number of carbonyl (C=O) groups is 1. The molecule has 1 aromatic carbocycles. The number of alkyl halides is 3. The molecule has 0 aliphatic rings. The van der Waals surface area contributed by atoms with Crippen LogP contribution in [-0.2, 0) is 17.9 Å². The smallest absolute Gasteiger partial charge is 0.339 e. The molecule has 0 aliphatic carbocycles. The second-order valence-corrected chi connectivity index (χ2v) is 4.50. The lowest BCUT2D eigenvalue weighted by atomic mass is 10.1. The number of hydrogen-bond acceptors (Lipinski definition) is 2. The third-order valence-corrected chi connectivity index (χ3v) is 3.06. The molecule has 0 atom stereocenters. The molecule has 0 bridgehead atoms. The molecule has 20 heavy (non-hydrogen) atoms. The van der Waals surface area contributed by atoms with Gasteiger partial charge in [0.25, 0.3) is 0 Å². The summed E-state index contributed by atoms with van der Waals surface area (Å²) in [5.41, 5.74) is 7.38. The standard InChI is InChI=1S/C14H19F3N2O/c1-2-19(13(20)7-8-14(15,16)17)10-12-6-4-3-5-11(12)9-18/h3-6H,2,7-10,18H2,1H3. The molecule has 6 heteroatoms. The Morgan fingerprint density at radius 1 is 1.25 bits per heavy atom. The summed E-state index contributed by atoms with van der Waals surface area (Å²) in [6.07, 6.45) is -5.90. The lowest BCUT2D eigenvalue weighted by molar-refractivity contribution is -0.149. The topological polar surface area (TPSA) is 46.3 Å². The van der Waals surface area contributed by atoms with Crippen LogP contribution in [0.3, 0.4) is 0 Å². The number of nitrogens with two attached hydrogens (primary N) is 1. The van der Waals surface area contributed by atoms with E-state index in [0.717, 1.165) is 11.1 Å². The third kappa shape index (κ3) is 5.21. The molecule has 0 saturated heterocycles. The van der Waals surface area contributed by atoms with Gasteiger partial charge in [0, 0.05) is 26.1 Å². The number of carbonyl (C=O) groups excluding carboxylic acids is 1. The molecule has 1 rings (SSSR count).